The van der Waals surface area contributed by atoms with E-state index in [0.29, 0.717) is 49.7 Å². The van der Waals surface area contributed by atoms with Gasteiger partial charge in [-0.05, 0) is 36.8 Å². The molecule has 142 valence electrons. The molecular weight excluding hydrogens is 360 g/mol. The lowest BCUT2D eigenvalue weighted by molar-refractivity contribution is -0.131. The summed E-state index contributed by atoms with van der Waals surface area (Å²) in [5.74, 6) is 0.866. The van der Waals surface area contributed by atoms with Gasteiger partial charge in [0.25, 0.3) is 5.91 Å². The Bertz CT molecular complexity index is 799. The van der Waals surface area contributed by atoms with E-state index in [9.17, 15) is 9.59 Å². The molecular formula is C21H24N2O3S. The molecule has 0 spiro atoms. The van der Waals surface area contributed by atoms with Crippen LogP contribution in [0, 0.1) is 0 Å². The van der Waals surface area contributed by atoms with Crippen LogP contribution in [0.1, 0.15) is 22.8 Å². The Morgan fingerprint density at radius 3 is 2.22 bits per heavy atom. The minimum atomic E-state index is -0.0285. The molecule has 0 aliphatic carbocycles. The van der Waals surface area contributed by atoms with Gasteiger partial charge in [0.2, 0.25) is 5.91 Å². The molecule has 0 N–H and O–H groups in total. The summed E-state index contributed by atoms with van der Waals surface area (Å²) in [6.07, 6.45) is 0.361. The number of nitrogens with zero attached hydrogens (tertiary/aromatic N) is 2. The fraction of sp³-hybridized carbons (Fsp3) is 0.333. The van der Waals surface area contributed by atoms with Crippen LogP contribution in [0.15, 0.2) is 53.4 Å². The molecule has 0 atom stereocenters. The molecule has 1 aliphatic heterocycles. The zero-order valence-electron chi connectivity index (χ0n) is 15.4. The molecule has 1 saturated heterocycles. The third kappa shape index (κ3) is 4.83. The first-order valence-corrected chi connectivity index (χ1v) is 9.60. The molecule has 0 radical (unpaired) electrons. The van der Waals surface area contributed by atoms with Crippen LogP contribution in [0.25, 0.3) is 0 Å². The van der Waals surface area contributed by atoms with Gasteiger partial charge in [-0.15, -0.1) is 12.6 Å². The number of piperazine rings is 1. The smallest absolute Gasteiger partial charge is 0.255 e. The number of amides is 2. The highest BCUT2D eigenvalue weighted by molar-refractivity contribution is 7.80. The van der Waals surface area contributed by atoms with E-state index in [4.69, 9.17) is 4.74 Å². The molecule has 3 rings (SSSR count). The summed E-state index contributed by atoms with van der Waals surface area (Å²) < 4.78 is 5.42. The monoisotopic (exact) mass is 384 g/mol. The van der Waals surface area contributed by atoms with E-state index in [1.807, 2.05) is 54.3 Å². The molecule has 6 heteroatoms. The van der Waals surface area contributed by atoms with Crippen LogP contribution in [0.2, 0.25) is 0 Å². The van der Waals surface area contributed by atoms with Gasteiger partial charge in [0.05, 0.1) is 18.6 Å². The SMILES string of the molecule is CCOc1ccc(CC(=O)N2CCN(C(=O)c3ccccc3S)CC2)cc1. The molecule has 0 bridgehead atoms. The number of hydrogen-bond donors (Lipinski definition) is 1. The first-order chi connectivity index (χ1) is 13.1. The molecule has 2 aromatic rings. The lowest BCUT2D eigenvalue weighted by Gasteiger charge is -2.35. The normalized spacial score (nSPS) is 14.1. The van der Waals surface area contributed by atoms with Gasteiger partial charge in [-0.25, -0.2) is 0 Å². The number of thiol groups is 1. The van der Waals surface area contributed by atoms with Crippen molar-refractivity contribution in [1.82, 2.24) is 9.80 Å². The summed E-state index contributed by atoms with van der Waals surface area (Å²) in [6, 6.07) is 14.9. The summed E-state index contributed by atoms with van der Waals surface area (Å²) >= 11 is 4.36. The van der Waals surface area contributed by atoms with Crippen molar-refractivity contribution >= 4 is 24.4 Å². The number of ether oxygens (including phenoxy) is 1. The van der Waals surface area contributed by atoms with Crippen LogP contribution in [0.5, 0.6) is 5.75 Å². The Kier molecular flexibility index (Phi) is 6.40. The molecule has 27 heavy (non-hydrogen) atoms. The minimum Gasteiger partial charge on any atom is -0.494 e. The molecule has 1 heterocycles. The molecule has 0 unspecified atom stereocenters. The summed E-state index contributed by atoms with van der Waals surface area (Å²) in [4.78, 5) is 29.5. The standard InChI is InChI=1S/C21H24N2O3S/c1-2-26-17-9-7-16(8-10-17)15-20(24)22-11-13-23(14-12-22)21(25)18-5-3-4-6-19(18)27/h3-10,27H,2,11-15H2,1H3. The predicted octanol–water partition coefficient (Wildman–Crippen LogP) is 2.90. The Morgan fingerprint density at radius 1 is 0.963 bits per heavy atom. The summed E-state index contributed by atoms with van der Waals surface area (Å²) in [7, 11) is 0. The van der Waals surface area contributed by atoms with Crippen molar-refractivity contribution in [2.24, 2.45) is 0 Å². The lowest BCUT2D eigenvalue weighted by atomic mass is 10.1. The van der Waals surface area contributed by atoms with Crippen LogP contribution in [-0.2, 0) is 11.2 Å². The second-order valence-electron chi connectivity index (χ2n) is 6.44. The van der Waals surface area contributed by atoms with E-state index >= 15 is 0 Å². The Morgan fingerprint density at radius 2 is 1.59 bits per heavy atom. The van der Waals surface area contributed by atoms with Crippen molar-refractivity contribution in [3.8, 4) is 5.75 Å². The average molecular weight is 385 g/mol. The van der Waals surface area contributed by atoms with Gasteiger partial charge >= 0.3 is 0 Å². The van der Waals surface area contributed by atoms with Crippen molar-refractivity contribution < 1.29 is 14.3 Å². The van der Waals surface area contributed by atoms with Crippen molar-refractivity contribution in [1.29, 1.82) is 0 Å². The lowest BCUT2D eigenvalue weighted by Crippen LogP contribution is -2.51. The number of carbonyl (C=O) groups excluding carboxylic acids is 2. The van der Waals surface area contributed by atoms with Crippen molar-refractivity contribution in [3.05, 3.63) is 59.7 Å². The maximum Gasteiger partial charge on any atom is 0.255 e. The number of benzene rings is 2. The van der Waals surface area contributed by atoms with E-state index in [1.165, 1.54) is 0 Å². The van der Waals surface area contributed by atoms with E-state index in [1.54, 1.807) is 11.0 Å². The van der Waals surface area contributed by atoms with Gasteiger partial charge in [-0.2, -0.15) is 0 Å². The topological polar surface area (TPSA) is 49.9 Å². The van der Waals surface area contributed by atoms with E-state index in [-0.39, 0.29) is 11.8 Å². The van der Waals surface area contributed by atoms with Gasteiger partial charge in [0, 0.05) is 31.1 Å². The van der Waals surface area contributed by atoms with Crippen LogP contribution in [0.3, 0.4) is 0 Å². The third-order valence-electron chi connectivity index (χ3n) is 4.64. The van der Waals surface area contributed by atoms with Gasteiger partial charge in [-0.3, -0.25) is 9.59 Å². The number of carbonyl (C=O) groups is 2. The summed E-state index contributed by atoms with van der Waals surface area (Å²) in [5.41, 5.74) is 1.57. The molecule has 1 aliphatic rings. The fourth-order valence-electron chi connectivity index (χ4n) is 3.14. The average Bonchev–Trinajstić information content (AvgIpc) is 2.70. The maximum atomic E-state index is 12.6. The van der Waals surface area contributed by atoms with Gasteiger partial charge < -0.3 is 14.5 Å². The number of hydrogen-bond acceptors (Lipinski definition) is 4. The van der Waals surface area contributed by atoms with Crippen LogP contribution >= 0.6 is 12.6 Å². The Labute approximate surface area is 165 Å². The molecule has 0 saturated carbocycles. The quantitative estimate of drug-likeness (QED) is 0.807. The van der Waals surface area contributed by atoms with Crippen LogP contribution in [0.4, 0.5) is 0 Å². The second kappa shape index (κ2) is 8.95. The van der Waals surface area contributed by atoms with Crippen LogP contribution < -0.4 is 4.74 Å². The highest BCUT2D eigenvalue weighted by Gasteiger charge is 2.25. The molecule has 5 nitrogen and oxygen atoms in total. The second-order valence-corrected chi connectivity index (χ2v) is 6.93. The summed E-state index contributed by atoms with van der Waals surface area (Å²) in [6.45, 7) is 4.74. The Balaban J connectivity index is 1.53. The highest BCUT2D eigenvalue weighted by Crippen LogP contribution is 2.17. The van der Waals surface area contributed by atoms with E-state index < -0.39 is 0 Å². The van der Waals surface area contributed by atoms with Crippen molar-refractivity contribution in [3.63, 3.8) is 0 Å². The zero-order chi connectivity index (χ0) is 19.2. The van der Waals surface area contributed by atoms with Gasteiger partial charge in [0.15, 0.2) is 0 Å². The third-order valence-corrected chi connectivity index (χ3v) is 5.03. The van der Waals surface area contributed by atoms with Gasteiger partial charge in [0.1, 0.15) is 5.75 Å². The summed E-state index contributed by atoms with van der Waals surface area (Å²) in [5, 5.41) is 0. The molecule has 2 amide bonds. The van der Waals surface area contributed by atoms with E-state index in [0.717, 1.165) is 11.3 Å². The van der Waals surface area contributed by atoms with Gasteiger partial charge in [-0.1, -0.05) is 24.3 Å². The number of rotatable bonds is 5. The first-order valence-electron chi connectivity index (χ1n) is 9.15. The largest absolute Gasteiger partial charge is 0.494 e. The molecule has 2 aromatic carbocycles. The first kappa shape index (κ1) is 19.3. The molecule has 0 aromatic heterocycles. The predicted molar refractivity (Wildman–Crippen MR) is 107 cm³/mol. The highest BCUT2D eigenvalue weighted by atomic mass is 32.1. The van der Waals surface area contributed by atoms with Crippen LogP contribution in [-0.4, -0.2) is 54.4 Å². The fourth-order valence-corrected chi connectivity index (χ4v) is 3.40. The molecule has 1 fully saturated rings. The Hall–Kier alpha value is -2.47. The van der Waals surface area contributed by atoms with Crippen molar-refractivity contribution in [2.75, 3.05) is 32.8 Å². The van der Waals surface area contributed by atoms with Crippen molar-refractivity contribution in [2.45, 2.75) is 18.2 Å². The zero-order valence-corrected chi connectivity index (χ0v) is 16.3. The maximum absolute atomic E-state index is 12.6. The minimum absolute atomic E-state index is 0.0285. The van der Waals surface area contributed by atoms with E-state index in [2.05, 4.69) is 12.6 Å².